The topological polar surface area (TPSA) is 115 Å². The van der Waals surface area contributed by atoms with Crippen molar-refractivity contribution >= 4 is 28.2 Å². The van der Waals surface area contributed by atoms with Crippen molar-refractivity contribution in [2.75, 3.05) is 0 Å². The van der Waals surface area contributed by atoms with Crippen LogP contribution in [-0.4, -0.2) is 25.4 Å². The number of aromatic hydroxyl groups is 1. The number of hydrazone groups is 1. The SMILES string of the molecule is O=c1[nH]c(=O)n(-c2cccc(Cl)c2)c(O)c1C1=NNC(c2c[nH]c3ccccc23)C1. The van der Waals surface area contributed by atoms with Crippen molar-refractivity contribution in [1.82, 2.24) is 20.0 Å². The number of nitrogens with one attached hydrogen (secondary N) is 3. The van der Waals surface area contributed by atoms with Crippen LogP contribution in [0.5, 0.6) is 5.88 Å². The average molecular weight is 422 g/mol. The van der Waals surface area contributed by atoms with E-state index in [2.05, 4.69) is 20.5 Å². The summed E-state index contributed by atoms with van der Waals surface area (Å²) in [4.78, 5) is 30.4. The molecule has 1 aliphatic rings. The van der Waals surface area contributed by atoms with Gasteiger partial charge in [0.2, 0.25) is 5.88 Å². The number of para-hydroxylation sites is 1. The fourth-order valence-corrected chi connectivity index (χ4v) is 3.98. The highest BCUT2D eigenvalue weighted by atomic mass is 35.5. The molecule has 3 heterocycles. The summed E-state index contributed by atoms with van der Waals surface area (Å²) in [7, 11) is 0. The maximum atomic E-state index is 12.5. The minimum Gasteiger partial charge on any atom is -0.493 e. The third-order valence-corrected chi connectivity index (χ3v) is 5.43. The van der Waals surface area contributed by atoms with E-state index in [9.17, 15) is 14.7 Å². The summed E-state index contributed by atoms with van der Waals surface area (Å²) in [6, 6.07) is 14.1. The van der Waals surface area contributed by atoms with Crippen molar-refractivity contribution in [3.63, 3.8) is 0 Å². The van der Waals surface area contributed by atoms with Gasteiger partial charge in [0, 0.05) is 34.1 Å². The number of aromatic amines is 2. The number of rotatable bonds is 3. The lowest BCUT2D eigenvalue weighted by Crippen LogP contribution is -2.33. The molecule has 0 bridgehead atoms. The molecule has 1 unspecified atom stereocenters. The summed E-state index contributed by atoms with van der Waals surface area (Å²) in [5, 5.41) is 16.6. The van der Waals surface area contributed by atoms with E-state index in [4.69, 9.17) is 11.6 Å². The third kappa shape index (κ3) is 2.89. The summed E-state index contributed by atoms with van der Waals surface area (Å²) in [5.74, 6) is -0.480. The first kappa shape index (κ1) is 18.3. The van der Waals surface area contributed by atoms with Crippen LogP contribution in [0.4, 0.5) is 0 Å². The van der Waals surface area contributed by atoms with E-state index >= 15 is 0 Å². The van der Waals surface area contributed by atoms with Crippen molar-refractivity contribution in [3.05, 3.63) is 91.7 Å². The molecule has 8 nitrogen and oxygen atoms in total. The van der Waals surface area contributed by atoms with Gasteiger partial charge in [-0.15, -0.1) is 0 Å². The molecule has 2 aromatic carbocycles. The van der Waals surface area contributed by atoms with Crippen LogP contribution in [0.1, 0.15) is 23.6 Å². The number of hydrogen-bond acceptors (Lipinski definition) is 5. The lowest BCUT2D eigenvalue weighted by Gasteiger charge is -2.12. The summed E-state index contributed by atoms with van der Waals surface area (Å²) in [6.07, 6.45) is 2.27. The highest BCUT2D eigenvalue weighted by Crippen LogP contribution is 2.31. The molecule has 0 saturated heterocycles. The summed E-state index contributed by atoms with van der Waals surface area (Å²) in [5.41, 5.74) is 4.22. The Labute approximate surface area is 174 Å². The maximum Gasteiger partial charge on any atom is 0.335 e. The molecule has 0 fully saturated rings. The number of nitrogens with zero attached hydrogens (tertiary/aromatic N) is 2. The molecule has 5 rings (SSSR count). The molecule has 0 radical (unpaired) electrons. The van der Waals surface area contributed by atoms with Gasteiger partial charge in [0.05, 0.1) is 17.4 Å². The van der Waals surface area contributed by atoms with E-state index in [1.165, 1.54) is 6.07 Å². The monoisotopic (exact) mass is 421 g/mol. The Kier molecular flexibility index (Phi) is 4.22. The molecule has 150 valence electrons. The van der Waals surface area contributed by atoms with Crippen LogP contribution >= 0.6 is 11.6 Å². The second-order valence-electron chi connectivity index (χ2n) is 7.01. The number of H-pyrrole nitrogens is 2. The quantitative estimate of drug-likeness (QED) is 0.407. The second-order valence-corrected chi connectivity index (χ2v) is 7.44. The zero-order valence-electron chi connectivity index (χ0n) is 15.5. The van der Waals surface area contributed by atoms with Gasteiger partial charge in [0.1, 0.15) is 5.56 Å². The molecule has 0 spiro atoms. The van der Waals surface area contributed by atoms with Gasteiger partial charge >= 0.3 is 5.69 Å². The second kappa shape index (κ2) is 6.93. The van der Waals surface area contributed by atoms with Gasteiger partial charge < -0.3 is 15.5 Å². The van der Waals surface area contributed by atoms with E-state index in [0.29, 0.717) is 22.8 Å². The minimum atomic E-state index is -0.761. The lowest BCUT2D eigenvalue weighted by molar-refractivity contribution is 0.429. The van der Waals surface area contributed by atoms with E-state index in [0.717, 1.165) is 21.0 Å². The van der Waals surface area contributed by atoms with Crippen molar-refractivity contribution in [1.29, 1.82) is 0 Å². The number of fused-ring (bicyclic) bond motifs is 1. The van der Waals surface area contributed by atoms with Crippen LogP contribution in [0.3, 0.4) is 0 Å². The van der Waals surface area contributed by atoms with Crippen molar-refractivity contribution in [2.24, 2.45) is 5.10 Å². The Morgan fingerprint density at radius 2 is 1.97 bits per heavy atom. The zero-order chi connectivity index (χ0) is 20.8. The zero-order valence-corrected chi connectivity index (χ0v) is 16.3. The summed E-state index contributed by atoms with van der Waals surface area (Å²) in [6.45, 7) is 0. The maximum absolute atomic E-state index is 12.5. The van der Waals surface area contributed by atoms with Crippen LogP contribution in [0.2, 0.25) is 5.02 Å². The Bertz CT molecular complexity index is 1430. The molecule has 2 aromatic heterocycles. The van der Waals surface area contributed by atoms with Crippen LogP contribution in [0, 0.1) is 0 Å². The first-order valence-electron chi connectivity index (χ1n) is 9.25. The van der Waals surface area contributed by atoms with Crippen molar-refractivity contribution in [3.8, 4) is 11.6 Å². The fourth-order valence-electron chi connectivity index (χ4n) is 3.80. The fraction of sp³-hybridized carbons (Fsp3) is 0.0952. The first-order valence-corrected chi connectivity index (χ1v) is 9.63. The molecule has 30 heavy (non-hydrogen) atoms. The number of benzene rings is 2. The van der Waals surface area contributed by atoms with Gasteiger partial charge in [-0.3, -0.25) is 9.78 Å². The highest BCUT2D eigenvalue weighted by molar-refractivity contribution is 6.30. The van der Waals surface area contributed by atoms with Gasteiger partial charge in [-0.1, -0.05) is 35.9 Å². The van der Waals surface area contributed by atoms with Crippen LogP contribution in [-0.2, 0) is 0 Å². The van der Waals surface area contributed by atoms with E-state index in [1.54, 1.807) is 18.2 Å². The van der Waals surface area contributed by atoms with Crippen LogP contribution < -0.4 is 16.7 Å². The molecule has 1 aliphatic heterocycles. The van der Waals surface area contributed by atoms with Gasteiger partial charge in [-0.05, 0) is 24.3 Å². The smallest absolute Gasteiger partial charge is 0.335 e. The average Bonchev–Trinajstić information content (AvgIpc) is 3.34. The predicted molar refractivity (Wildman–Crippen MR) is 115 cm³/mol. The van der Waals surface area contributed by atoms with Crippen molar-refractivity contribution in [2.45, 2.75) is 12.5 Å². The summed E-state index contributed by atoms with van der Waals surface area (Å²) >= 11 is 6.02. The lowest BCUT2D eigenvalue weighted by atomic mass is 9.99. The molecule has 0 amide bonds. The molecular formula is C21H16ClN5O3. The molecule has 0 aliphatic carbocycles. The molecule has 0 saturated carbocycles. The molecule has 4 aromatic rings. The van der Waals surface area contributed by atoms with E-state index < -0.39 is 17.1 Å². The highest BCUT2D eigenvalue weighted by Gasteiger charge is 2.28. The largest absolute Gasteiger partial charge is 0.493 e. The Hall–Kier alpha value is -3.78. The van der Waals surface area contributed by atoms with Crippen LogP contribution in [0.25, 0.3) is 16.6 Å². The predicted octanol–water partition coefficient (Wildman–Crippen LogP) is 2.80. The normalized spacial score (nSPS) is 15.9. The van der Waals surface area contributed by atoms with Crippen molar-refractivity contribution < 1.29 is 5.11 Å². The summed E-state index contributed by atoms with van der Waals surface area (Å²) < 4.78 is 1.00. The minimum absolute atomic E-state index is 0.0515. The Morgan fingerprint density at radius 1 is 1.13 bits per heavy atom. The standard InChI is InChI=1S/C21H16ClN5O3/c22-11-4-3-5-12(8-11)27-20(29)18(19(28)24-21(27)30)17-9-16(25-26-17)14-10-23-15-7-2-1-6-13(14)15/h1-8,10,16,23,25,29H,9H2,(H,24,28,30). The molecular weight excluding hydrogens is 406 g/mol. The molecule has 9 heteroatoms. The Morgan fingerprint density at radius 3 is 2.80 bits per heavy atom. The Balaban J connectivity index is 1.56. The number of halogens is 1. The van der Waals surface area contributed by atoms with Gasteiger partial charge in [-0.25, -0.2) is 9.36 Å². The van der Waals surface area contributed by atoms with Gasteiger partial charge in [-0.2, -0.15) is 5.10 Å². The number of hydrogen-bond donors (Lipinski definition) is 4. The van der Waals surface area contributed by atoms with Crippen LogP contribution in [0.15, 0.2) is 69.4 Å². The molecule has 1 atom stereocenters. The van der Waals surface area contributed by atoms with E-state index in [-0.39, 0.29) is 11.6 Å². The van der Waals surface area contributed by atoms with Gasteiger partial charge in [0.25, 0.3) is 5.56 Å². The first-order chi connectivity index (χ1) is 14.5. The third-order valence-electron chi connectivity index (χ3n) is 5.19. The van der Waals surface area contributed by atoms with E-state index in [1.807, 2.05) is 30.5 Å². The number of aromatic nitrogens is 3. The van der Waals surface area contributed by atoms with Gasteiger partial charge in [0.15, 0.2) is 0 Å². The molecule has 4 N–H and O–H groups in total.